The molecule has 0 amide bonds. The molecule has 11 heavy (non-hydrogen) atoms. The molecule has 0 saturated carbocycles. The fraction of sp³-hybridized carbons (Fsp3) is 0.143. The lowest BCUT2D eigenvalue weighted by Gasteiger charge is -1.95. The molecule has 0 aliphatic carbocycles. The van der Waals surface area contributed by atoms with Crippen molar-refractivity contribution in [1.82, 2.24) is 0 Å². The van der Waals surface area contributed by atoms with E-state index in [0.29, 0.717) is 10.4 Å². The molecule has 1 aromatic heterocycles. The summed E-state index contributed by atoms with van der Waals surface area (Å²) < 4.78 is 0. The molecule has 0 fully saturated rings. The molecule has 54 valence electrons. The minimum absolute atomic E-state index is 0.379. The van der Waals surface area contributed by atoms with Crippen LogP contribution in [-0.2, 0) is 0 Å². The van der Waals surface area contributed by atoms with Gasteiger partial charge in [-0.2, -0.15) is 10.5 Å². The van der Waals surface area contributed by atoms with E-state index in [1.807, 2.05) is 6.07 Å². The van der Waals surface area contributed by atoms with Gasteiger partial charge in [0.05, 0.1) is 16.5 Å². The van der Waals surface area contributed by atoms with Gasteiger partial charge in [0.2, 0.25) is 0 Å². The van der Waals surface area contributed by atoms with Crippen molar-refractivity contribution >= 4 is 11.3 Å². The fourth-order valence-electron chi connectivity index (χ4n) is 0.684. The third-order valence-corrected chi connectivity index (χ3v) is 2.16. The van der Waals surface area contributed by atoms with E-state index >= 15 is 0 Å². The van der Waals surface area contributed by atoms with Gasteiger partial charge >= 0.3 is 0 Å². The molecule has 1 atom stereocenters. The molecule has 0 aromatic carbocycles. The van der Waals surface area contributed by atoms with Gasteiger partial charge in [-0.25, -0.2) is 0 Å². The average Bonchev–Trinajstić information content (AvgIpc) is 2.50. The molecule has 0 saturated heterocycles. The van der Waals surface area contributed by atoms with Gasteiger partial charge < -0.3 is 5.11 Å². The monoisotopic (exact) mass is 164 g/mol. The van der Waals surface area contributed by atoms with E-state index in [1.165, 1.54) is 11.3 Å². The second-order valence-corrected chi connectivity index (χ2v) is 2.79. The molecule has 1 rings (SSSR count). The number of thiophene rings is 1. The molecule has 0 bridgehead atoms. The number of aliphatic hydroxyl groups is 1. The number of hydrogen-bond donors (Lipinski definition) is 1. The summed E-state index contributed by atoms with van der Waals surface area (Å²) in [5, 5.41) is 27.5. The van der Waals surface area contributed by atoms with Gasteiger partial charge in [0.1, 0.15) is 6.07 Å². The van der Waals surface area contributed by atoms with Crippen LogP contribution in [0.4, 0.5) is 0 Å². The van der Waals surface area contributed by atoms with E-state index in [0.717, 1.165) is 0 Å². The second-order valence-electron chi connectivity index (χ2n) is 1.84. The first-order valence-corrected chi connectivity index (χ1v) is 3.72. The van der Waals surface area contributed by atoms with Crippen LogP contribution >= 0.6 is 11.3 Å². The van der Waals surface area contributed by atoms with Crippen molar-refractivity contribution in [3.63, 3.8) is 0 Å². The quantitative estimate of drug-likeness (QED) is 0.633. The van der Waals surface area contributed by atoms with Crippen LogP contribution < -0.4 is 0 Å². The van der Waals surface area contributed by atoms with Crippen molar-refractivity contribution < 1.29 is 5.11 Å². The summed E-state index contributed by atoms with van der Waals surface area (Å²) in [6, 6.07) is 5.13. The number of hydrogen-bond acceptors (Lipinski definition) is 4. The van der Waals surface area contributed by atoms with Gasteiger partial charge in [0.15, 0.2) is 6.10 Å². The predicted octanol–water partition coefficient (Wildman–Crippen LogP) is 1.18. The maximum atomic E-state index is 9.03. The van der Waals surface area contributed by atoms with Crippen molar-refractivity contribution in [2.24, 2.45) is 0 Å². The first kappa shape index (κ1) is 7.74. The zero-order chi connectivity index (χ0) is 8.27. The normalized spacial score (nSPS) is 11.5. The van der Waals surface area contributed by atoms with Crippen LogP contribution in [0.3, 0.4) is 0 Å². The van der Waals surface area contributed by atoms with Crippen molar-refractivity contribution in [1.29, 1.82) is 10.5 Å². The molecule has 0 aliphatic heterocycles. The first-order chi connectivity index (χ1) is 5.29. The third-order valence-electron chi connectivity index (χ3n) is 1.19. The summed E-state index contributed by atoms with van der Waals surface area (Å²) in [5.74, 6) is 0. The SMILES string of the molecule is N#Cc1ccsc1C(O)C#N. The molecule has 0 spiro atoms. The number of nitriles is 2. The van der Waals surface area contributed by atoms with Crippen LogP contribution in [0.15, 0.2) is 11.4 Å². The first-order valence-electron chi connectivity index (χ1n) is 2.84. The summed E-state index contributed by atoms with van der Waals surface area (Å²) in [6.45, 7) is 0. The third kappa shape index (κ3) is 1.38. The van der Waals surface area contributed by atoms with Gasteiger partial charge in [-0.15, -0.1) is 11.3 Å². The molecular formula is C7H4N2OS. The summed E-state index contributed by atoms with van der Waals surface area (Å²) in [6.07, 6.45) is -1.16. The molecule has 1 heterocycles. The average molecular weight is 164 g/mol. The van der Waals surface area contributed by atoms with Crippen molar-refractivity contribution in [2.45, 2.75) is 6.10 Å². The Morgan fingerprint density at radius 1 is 1.55 bits per heavy atom. The smallest absolute Gasteiger partial charge is 0.176 e. The lowest BCUT2D eigenvalue weighted by Crippen LogP contribution is -1.91. The zero-order valence-electron chi connectivity index (χ0n) is 5.48. The second kappa shape index (κ2) is 3.16. The topological polar surface area (TPSA) is 67.8 Å². The Kier molecular flexibility index (Phi) is 2.22. The molecule has 1 N–H and O–H groups in total. The van der Waals surface area contributed by atoms with Crippen LogP contribution in [0.5, 0.6) is 0 Å². The molecule has 4 heteroatoms. The lowest BCUT2D eigenvalue weighted by atomic mass is 10.2. The molecule has 0 aliphatic rings. The molecule has 3 nitrogen and oxygen atoms in total. The van der Waals surface area contributed by atoms with Crippen LogP contribution in [0.25, 0.3) is 0 Å². The van der Waals surface area contributed by atoms with Crippen molar-refractivity contribution in [2.75, 3.05) is 0 Å². The lowest BCUT2D eigenvalue weighted by molar-refractivity contribution is 0.239. The van der Waals surface area contributed by atoms with Crippen LogP contribution in [0.1, 0.15) is 16.5 Å². The highest BCUT2D eigenvalue weighted by Gasteiger charge is 2.11. The Labute approximate surface area is 67.7 Å². The van der Waals surface area contributed by atoms with Gasteiger partial charge in [0, 0.05) is 0 Å². The Morgan fingerprint density at radius 3 is 2.82 bits per heavy atom. The van der Waals surface area contributed by atoms with Crippen LogP contribution in [0.2, 0.25) is 0 Å². The van der Waals surface area contributed by atoms with Gasteiger partial charge in [-0.1, -0.05) is 0 Å². The largest absolute Gasteiger partial charge is 0.373 e. The maximum absolute atomic E-state index is 9.03. The van der Waals surface area contributed by atoms with E-state index in [1.54, 1.807) is 17.5 Å². The van der Waals surface area contributed by atoms with E-state index in [9.17, 15) is 0 Å². The standard InChI is InChI=1S/C7H4N2OS/c8-3-5-1-2-11-7(5)6(10)4-9/h1-2,6,10H. The van der Waals surface area contributed by atoms with E-state index in [-0.39, 0.29) is 0 Å². The van der Waals surface area contributed by atoms with E-state index in [2.05, 4.69) is 0 Å². The number of nitrogens with zero attached hydrogens (tertiary/aromatic N) is 2. The zero-order valence-corrected chi connectivity index (χ0v) is 6.30. The van der Waals surface area contributed by atoms with E-state index < -0.39 is 6.10 Å². The summed E-state index contributed by atoms with van der Waals surface area (Å²) >= 11 is 1.21. The Morgan fingerprint density at radius 2 is 2.27 bits per heavy atom. The highest BCUT2D eigenvalue weighted by atomic mass is 32.1. The highest BCUT2D eigenvalue weighted by molar-refractivity contribution is 7.10. The van der Waals surface area contributed by atoms with Gasteiger partial charge in [0.25, 0.3) is 0 Å². The van der Waals surface area contributed by atoms with Crippen LogP contribution in [-0.4, -0.2) is 5.11 Å². The summed E-state index contributed by atoms with van der Waals surface area (Å²) in [4.78, 5) is 0.426. The summed E-state index contributed by atoms with van der Waals surface area (Å²) in [7, 11) is 0. The van der Waals surface area contributed by atoms with Crippen molar-refractivity contribution in [3.8, 4) is 12.1 Å². The fourth-order valence-corrected chi connectivity index (χ4v) is 1.46. The summed E-state index contributed by atoms with van der Waals surface area (Å²) in [5.41, 5.74) is 0.379. The minimum atomic E-state index is -1.16. The minimum Gasteiger partial charge on any atom is -0.373 e. The van der Waals surface area contributed by atoms with E-state index in [4.69, 9.17) is 15.6 Å². The van der Waals surface area contributed by atoms with Crippen molar-refractivity contribution in [3.05, 3.63) is 21.9 Å². The molecule has 0 radical (unpaired) electrons. The number of aliphatic hydroxyl groups excluding tert-OH is 1. The molecular weight excluding hydrogens is 160 g/mol. The predicted molar refractivity (Wildman–Crippen MR) is 39.6 cm³/mol. The van der Waals surface area contributed by atoms with Crippen LogP contribution in [0, 0.1) is 22.7 Å². The maximum Gasteiger partial charge on any atom is 0.176 e. The molecule has 1 unspecified atom stereocenters. The van der Waals surface area contributed by atoms with Gasteiger partial charge in [-0.05, 0) is 11.4 Å². The Balaban J connectivity index is 3.07. The number of rotatable bonds is 1. The van der Waals surface area contributed by atoms with Gasteiger partial charge in [-0.3, -0.25) is 0 Å². The Bertz CT molecular complexity index is 331. The highest BCUT2D eigenvalue weighted by Crippen LogP contribution is 2.22. The Hall–Kier alpha value is -1.36. The molecule has 1 aromatic rings.